The monoisotopic (exact) mass is 320 g/mol. The fraction of sp³-hybridized carbons (Fsp3) is 0.533. The first-order valence-corrected chi connectivity index (χ1v) is 7.72. The van der Waals surface area contributed by atoms with Crippen LogP contribution in [0.1, 0.15) is 43.1 Å². The van der Waals surface area contributed by atoms with E-state index in [1.165, 1.54) is 21.7 Å². The highest BCUT2D eigenvalue weighted by atomic mass is 16.2. The Labute approximate surface area is 133 Å². The van der Waals surface area contributed by atoms with E-state index in [1.54, 1.807) is 0 Å². The van der Waals surface area contributed by atoms with E-state index in [2.05, 4.69) is 10.4 Å². The number of hydrogen-bond donors (Lipinski definition) is 1. The average Bonchev–Trinajstić information content (AvgIpc) is 2.85. The summed E-state index contributed by atoms with van der Waals surface area (Å²) in [6, 6.07) is 2.70. The number of nitrogens with zero attached hydrogens (tertiary/aromatic N) is 3. The summed E-state index contributed by atoms with van der Waals surface area (Å²) in [5.41, 5.74) is -0.0687. The van der Waals surface area contributed by atoms with Gasteiger partial charge in [-0.15, -0.1) is 0 Å². The molecule has 1 fully saturated rings. The largest absolute Gasteiger partial charge is 0.351 e. The van der Waals surface area contributed by atoms with E-state index in [0.29, 0.717) is 26.1 Å². The quantitative estimate of drug-likeness (QED) is 0.559. The Morgan fingerprint density at radius 3 is 2.52 bits per heavy atom. The molecule has 8 nitrogen and oxygen atoms in total. The fourth-order valence-corrected chi connectivity index (χ4v) is 2.34. The zero-order valence-electron chi connectivity index (χ0n) is 13.1. The van der Waals surface area contributed by atoms with E-state index in [0.717, 1.165) is 6.42 Å². The van der Waals surface area contributed by atoms with Gasteiger partial charge in [0.2, 0.25) is 11.8 Å². The Kier molecular flexibility index (Phi) is 5.61. The Balaban J connectivity index is 1.83. The number of rotatable bonds is 7. The summed E-state index contributed by atoms with van der Waals surface area (Å²) < 4.78 is 1.26. The summed E-state index contributed by atoms with van der Waals surface area (Å²) in [5, 5.41) is 6.69. The van der Waals surface area contributed by atoms with Gasteiger partial charge in [-0.05, 0) is 18.9 Å². The molecule has 124 valence electrons. The molecule has 0 bridgehead atoms. The number of nitrogens with one attached hydrogen (secondary N) is 1. The van der Waals surface area contributed by atoms with Crippen LogP contribution in [0, 0.1) is 0 Å². The van der Waals surface area contributed by atoms with E-state index in [1.807, 2.05) is 6.92 Å². The summed E-state index contributed by atoms with van der Waals surface area (Å²) in [6.45, 7) is 3.01. The second kappa shape index (κ2) is 7.66. The van der Waals surface area contributed by atoms with Crippen LogP contribution >= 0.6 is 0 Å². The molecule has 1 aliphatic heterocycles. The zero-order chi connectivity index (χ0) is 16.8. The molecule has 1 aromatic heterocycles. The molecule has 0 radical (unpaired) electrons. The molecule has 23 heavy (non-hydrogen) atoms. The van der Waals surface area contributed by atoms with Crippen LogP contribution in [-0.4, -0.2) is 45.5 Å². The van der Waals surface area contributed by atoms with Crippen molar-refractivity contribution in [2.75, 3.05) is 13.1 Å². The smallest absolute Gasteiger partial charge is 0.271 e. The lowest BCUT2D eigenvalue weighted by molar-refractivity contribution is -0.138. The molecular weight excluding hydrogens is 300 g/mol. The molecule has 0 atom stereocenters. The summed E-state index contributed by atoms with van der Waals surface area (Å²) in [7, 11) is 0. The van der Waals surface area contributed by atoms with Crippen LogP contribution in [0.4, 0.5) is 0 Å². The van der Waals surface area contributed by atoms with Crippen LogP contribution in [0.3, 0.4) is 0 Å². The molecule has 1 aliphatic rings. The van der Waals surface area contributed by atoms with Gasteiger partial charge >= 0.3 is 0 Å². The summed E-state index contributed by atoms with van der Waals surface area (Å²) >= 11 is 0. The van der Waals surface area contributed by atoms with Crippen LogP contribution in [-0.2, 0) is 16.1 Å². The number of aryl methyl sites for hydroxylation is 1. The molecular formula is C15H20N4O4. The Hall–Kier alpha value is -2.51. The molecule has 1 N–H and O–H groups in total. The van der Waals surface area contributed by atoms with Crippen molar-refractivity contribution in [1.82, 2.24) is 20.0 Å². The number of amides is 3. The van der Waals surface area contributed by atoms with Crippen LogP contribution in [0.25, 0.3) is 0 Å². The average molecular weight is 320 g/mol. The lowest BCUT2D eigenvalue weighted by Crippen LogP contribution is -2.34. The zero-order valence-corrected chi connectivity index (χ0v) is 13.1. The van der Waals surface area contributed by atoms with Gasteiger partial charge in [0.15, 0.2) is 0 Å². The van der Waals surface area contributed by atoms with E-state index in [4.69, 9.17) is 0 Å². The maximum Gasteiger partial charge on any atom is 0.271 e. The van der Waals surface area contributed by atoms with Gasteiger partial charge < -0.3 is 5.32 Å². The fourth-order valence-electron chi connectivity index (χ4n) is 2.34. The third-order valence-corrected chi connectivity index (χ3v) is 3.53. The Bertz CT molecular complexity index is 652. The highest BCUT2D eigenvalue weighted by Crippen LogP contribution is 2.11. The minimum atomic E-state index is -0.381. The van der Waals surface area contributed by atoms with Crippen molar-refractivity contribution in [3.8, 4) is 0 Å². The van der Waals surface area contributed by atoms with Crippen molar-refractivity contribution in [2.45, 2.75) is 39.2 Å². The van der Waals surface area contributed by atoms with E-state index < -0.39 is 0 Å². The molecule has 0 saturated carbocycles. The van der Waals surface area contributed by atoms with Crippen molar-refractivity contribution in [3.63, 3.8) is 0 Å². The second-order valence-electron chi connectivity index (χ2n) is 5.33. The van der Waals surface area contributed by atoms with E-state index in [-0.39, 0.29) is 41.8 Å². The molecule has 1 aromatic rings. The van der Waals surface area contributed by atoms with Gasteiger partial charge in [0.1, 0.15) is 5.69 Å². The highest BCUT2D eigenvalue weighted by molar-refractivity contribution is 6.01. The normalized spacial score (nSPS) is 14.4. The van der Waals surface area contributed by atoms with Gasteiger partial charge in [-0.2, -0.15) is 5.10 Å². The van der Waals surface area contributed by atoms with Gasteiger partial charge in [-0.1, -0.05) is 6.92 Å². The summed E-state index contributed by atoms with van der Waals surface area (Å²) in [5.74, 6) is -0.696. The number of hydrogen-bond acceptors (Lipinski definition) is 5. The van der Waals surface area contributed by atoms with Gasteiger partial charge in [0.05, 0.1) is 0 Å². The molecule has 2 rings (SSSR count). The molecule has 8 heteroatoms. The molecule has 0 unspecified atom stereocenters. The molecule has 0 aliphatic carbocycles. The molecule has 1 saturated heterocycles. The number of aromatic nitrogens is 2. The third kappa shape index (κ3) is 4.24. The van der Waals surface area contributed by atoms with Crippen LogP contribution in [0.2, 0.25) is 0 Å². The molecule has 0 aromatic carbocycles. The lowest BCUT2D eigenvalue weighted by atomic mass is 10.3. The molecule has 0 spiro atoms. The summed E-state index contributed by atoms with van der Waals surface area (Å²) in [6.07, 6.45) is 1.77. The predicted molar refractivity (Wildman–Crippen MR) is 81.7 cm³/mol. The van der Waals surface area contributed by atoms with Crippen molar-refractivity contribution in [3.05, 3.63) is 28.2 Å². The minimum Gasteiger partial charge on any atom is -0.351 e. The van der Waals surface area contributed by atoms with Gasteiger partial charge in [0, 0.05) is 38.5 Å². The number of carbonyl (C=O) groups excluding carboxylic acids is 3. The second-order valence-corrected chi connectivity index (χ2v) is 5.33. The van der Waals surface area contributed by atoms with Crippen LogP contribution in [0.15, 0.2) is 16.9 Å². The van der Waals surface area contributed by atoms with Crippen molar-refractivity contribution in [2.24, 2.45) is 0 Å². The topological polar surface area (TPSA) is 101 Å². The van der Waals surface area contributed by atoms with E-state index >= 15 is 0 Å². The number of likely N-dealkylation sites (tertiary alicyclic amines) is 1. The van der Waals surface area contributed by atoms with Crippen molar-refractivity contribution in [1.29, 1.82) is 0 Å². The van der Waals surface area contributed by atoms with Gasteiger partial charge in [0.25, 0.3) is 11.5 Å². The highest BCUT2D eigenvalue weighted by Gasteiger charge is 2.27. The Morgan fingerprint density at radius 2 is 1.87 bits per heavy atom. The Morgan fingerprint density at radius 1 is 1.17 bits per heavy atom. The lowest BCUT2D eigenvalue weighted by Gasteiger charge is -2.13. The maximum absolute atomic E-state index is 12.0. The van der Waals surface area contributed by atoms with Crippen LogP contribution in [0.5, 0.6) is 0 Å². The SMILES string of the molecule is CCCn1nc(C(=O)NCCCN2C(=O)CCC2=O)ccc1=O. The van der Waals surface area contributed by atoms with Crippen molar-refractivity contribution < 1.29 is 14.4 Å². The van der Waals surface area contributed by atoms with Gasteiger partial charge in [-0.3, -0.25) is 24.1 Å². The number of carbonyl (C=O) groups is 3. The molecule has 3 amide bonds. The third-order valence-electron chi connectivity index (χ3n) is 3.53. The minimum absolute atomic E-state index is 0.158. The first kappa shape index (κ1) is 16.9. The molecule has 2 heterocycles. The first-order valence-electron chi connectivity index (χ1n) is 7.72. The van der Waals surface area contributed by atoms with Gasteiger partial charge in [-0.25, -0.2) is 4.68 Å². The van der Waals surface area contributed by atoms with Crippen LogP contribution < -0.4 is 10.9 Å². The maximum atomic E-state index is 12.0. The number of imide groups is 1. The van der Waals surface area contributed by atoms with Crippen molar-refractivity contribution >= 4 is 17.7 Å². The first-order chi connectivity index (χ1) is 11.0. The standard InChI is InChI=1S/C15H20N4O4/c1-2-9-19-14(22)5-4-11(17-19)15(23)16-8-3-10-18-12(20)6-7-13(18)21/h4-5H,2-3,6-10H2,1H3,(H,16,23). The van der Waals surface area contributed by atoms with E-state index in [9.17, 15) is 19.2 Å². The predicted octanol–water partition coefficient (Wildman–Crippen LogP) is -0.0778. The summed E-state index contributed by atoms with van der Waals surface area (Å²) in [4.78, 5) is 47.7.